The molecule has 1 atom stereocenters. The molecule has 0 radical (unpaired) electrons. The van der Waals surface area contributed by atoms with E-state index in [2.05, 4.69) is 20.8 Å². The first-order valence-electron chi connectivity index (χ1n) is 8.57. The minimum atomic E-state index is -0.271. The van der Waals surface area contributed by atoms with Crippen molar-refractivity contribution in [2.24, 2.45) is 21.0 Å². The summed E-state index contributed by atoms with van der Waals surface area (Å²) in [6.07, 6.45) is 12.6. The molecule has 1 saturated carbocycles. The second-order valence-corrected chi connectivity index (χ2v) is 7.50. The van der Waals surface area contributed by atoms with Gasteiger partial charge in [-0.05, 0) is 24.8 Å². The van der Waals surface area contributed by atoms with Crippen molar-refractivity contribution in [2.75, 3.05) is 12.3 Å². The van der Waals surface area contributed by atoms with E-state index in [0.717, 1.165) is 40.4 Å². The average Bonchev–Trinajstić information content (AvgIpc) is 3.00. The highest BCUT2D eigenvalue weighted by molar-refractivity contribution is 8.14. The van der Waals surface area contributed by atoms with Crippen molar-refractivity contribution in [1.29, 1.82) is 0 Å². The molecule has 0 aromatic rings. The highest BCUT2D eigenvalue weighted by Crippen LogP contribution is 2.24. The minimum Gasteiger partial charge on any atom is -0.324 e. The Labute approximate surface area is 145 Å². The zero-order valence-corrected chi connectivity index (χ0v) is 14.3. The first-order valence-corrected chi connectivity index (χ1v) is 9.56. The third-order valence-electron chi connectivity index (χ3n) is 4.78. The summed E-state index contributed by atoms with van der Waals surface area (Å²) >= 11 is 1.69. The fourth-order valence-corrected chi connectivity index (χ4v) is 4.19. The monoisotopic (exact) mass is 343 g/mol. The summed E-state index contributed by atoms with van der Waals surface area (Å²) in [6, 6.07) is -0.356. The van der Waals surface area contributed by atoms with Crippen LogP contribution in [0.15, 0.2) is 38.9 Å². The van der Waals surface area contributed by atoms with Gasteiger partial charge in [0.25, 0.3) is 0 Å². The zero-order valence-electron chi connectivity index (χ0n) is 13.5. The molecule has 4 aliphatic rings. The number of nitrogens with zero attached hydrogens (tertiary/aromatic N) is 3. The molecule has 0 spiro atoms. The van der Waals surface area contributed by atoms with E-state index in [0.29, 0.717) is 0 Å². The van der Waals surface area contributed by atoms with E-state index in [4.69, 9.17) is 4.99 Å². The lowest BCUT2D eigenvalue weighted by Gasteiger charge is -2.21. The molecule has 6 nitrogen and oxygen atoms in total. The summed E-state index contributed by atoms with van der Waals surface area (Å²) in [6.45, 7) is 0.912. The Hall–Kier alpha value is -1.89. The van der Waals surface area contributed by atoms with Crippen molar-refractivity contribution in [3.8, 4) is 0 Å². The van der Waals surface area contributed by atoms with Crippen LogP contribution in [-0.2, 0) is 0 Å². The Morgan fingerprint density at radius 3 is 2.96 bits per heavy atom. The number of hydrogen-bond donors (Lipinski definition) is 2. The third-order valence-corrected chi connectivity index (χ3v) is 5.69. The van der Waals surface area contributed by atoms with Crippen LogP contribution in [0.3, 0.4) is 0 Å². The van der Waals surface area contributed by atoms with Gasteiger partial charge >= 0.3 is 6.03 Å². The van der Waals surface area contributed by atoms with Crippen molar-refractivity contribution in [1.82, 2.24) is 10.7 Å². The van der Waals surface area contributed by atoms with Crippen LogP contribution in [0.5, 0.6) is 0 Å². The molecule has 1 unspecified atom stereocenters. The molecular weight excluding hydrogens is 322 g/mol. The van der Waals surface area contributed by atoms with Gasteiger partial charge in [0.15, 0.2) is 5.17 Å². The Kier molecular flexibility index (Phi) is 4.51. The number of amidine groups is 1. The molecule has 0 aromatic carbocycles. The number of carbonyl (C=O) groups excluding carboxylic acids is 1. The van der Waals surface area contributed by atoms with E-state index >= 15 is 0 Å². The summed E-state index contributed by atoms with van der Waals surface area (Å²) in [5, 5.41) is 8.16. The molecule has 0 aromatic heterocycles. The molecule has 24 heavy (non-hydrogen) atoms. The molecule has 2 aliphatic carbocycles. The van der Waals surface area contributed by atoms with Crippen LogP contribution < -0.4 is 10.7 Å². The normalized spacial score (nSPS) is 28.7. The zero-order chi connectivity index (χ0) is 16.4. The van der Waals surface area contributed by atoms with E-state index < -0.39 is 0 Å². The van der Waals surface area contributed by atoms with E-state index in [1.165, 1.54) is 32.1 Å². The number of rotatable bonds is 3. The second-order valence-electron chi connectivity index (χ2n) is 6.53. The molecule has 2 aliphatic heterocycles. The number of hydrogen-bond acceptors (Lipinski definition) is 4. The lowest BCUT2D eigenvalue weighted by atomic mass is 9.89. The van der Waals surface area contributed by atoms with Gasteiger partial charge in [-0.15, -0.1) is 0 Å². The van der Waals surface area contributed by atoms with Gasteiger partial charge in [0.2, 0.25) is 0 Å². The number of urea groups is 1. The van der Waals surface area contributed by atoms with Crippen LogP contribution in [0.2, 0.25) is 0 Å². The van der Waals surface area contributed by atoms with Gasteiger partial charge in [-0.25, -0.2) is 4.79 Å². The lowest BCUT2D eigenvalue weighted by molar-refractivity contribution is 0.251. The molecule has 4 rings (SSSR count). The molecular formula is C17H21N5OS. The number of fused-ring (bicyclic) bond motifs is 1. The molecule has 2 amide bonds. The van der Waals surface area contributed by atoms with Gasteiger partial charge < -0.3 is 5.32 Å². The van der Waals surface area contributed by atoms with E-state index in [1.807, 2.05) is 18.2 Å². The predicted molar refractivity (Wildman–Crippen MR) is 98.9 cm³/mol. The van der Waals surface area contributed by atoms with Gasteiger partial charge in [-0.3, -0.25) is 10.4 Å². The van der Waals surface area contributed by atoms with Crippen LogP contribution in [0, 0.1) is 5.92 Å². The topological polar surface area (TPSA) is 78.2 Å². The first-order chi connectivity index (χ1) is 11.8. The molecule has 7 heteroatoms. The fourth-order valence-electron chi connectivity index (χ4n) is 3.41. The first kappa shape index (κ1) is 15.6. The van der Waals surface area contributed by atoms with E-state index in [1.54, 1.807) is 11.8 Å². The quantitative estimate of drug-likeness (QED) is 0.827. The van der Waals surface area contributed by atoms with Crippen LogP contribution in [-0.4, -0.2) is 41.0 Å². The molecule has 0 bridgehead atoms. The summed E-state index contributed by atoms with van der Waals surface area (Å²) < 4.78 is 0. The molecule has 126 valence electrons. The smallest absolute Gasteiger partial charge is 0.324 e. The number of hydrazone groups is 1. The maximum Gasteiger partial charge on any atom is 0.342 e. The van der Waals surface area contributed by atoms with Crippen molar-refractivity contribution in [2.45, 2.75) is 38.1 Å². The highest BCUT2D eigenvalue weighted by atomic mass is 32.2. The van der Waals surface area contributed by atoms with Gasteiger partial charge in [-0.2, -0.15) is 10.1 Å². The molecule has 2 heterocycles. The van der Waals surface area contributed by atoms with Gasteiger partial charge in [0, 0.05) is 17.9 Å². The van der Waals surface area contributed by atoms with Crippen LogP contribution in [0.4, 0.5) is 4.79 Å². The van der Waals surface area contributed by atoms with Crippen LogP contribution >= 0.6 is 11.8 Å². The summed E-state index contributed by atoms with van der Waals surface area (Å²) in [5.41, 5.74) is 5.82. The summed E-state index contributed by atoms with van der Waals surface area (Å²) in [7, 11) is 0. The SMILES string of the molecule is O=C1N=C2C=C(C3=NNC(=NCC4CCCCC4)SC3)C=CC2N1. The Morgan fingerprint density at radius 1 is 1.29 bits per heavy atom. The predicted octanol–water partition coefficient (Wildman–Crippen LogP) is 2.64. The summed E-state index contributed by atoms with van der Waals surface area (Å²) in [4.78, 5) is 20.0. The Morgan fingerprint density at radius 2 is 2.17 bits per heavy atom. The van der Waals surface area contributed by atoms with Crippen LogP contribution in [0.1, 0.15) is 32.1 Å². The Balaban J connectivity index is 1.38. The van der Waals surface area contributed by atoms with Crippen molar-refractivity contribution >= 4 is 34.4 Å². The standard InChI is InChI=1S/C17H21N5OS/c23-16-19-13-7-6-12(8-14(13)20-16)15-10-24-17(22-21-15)18-9-11-4-2-1-3-5-11/h6-8,11,13H,1-5,9-10H2,(H,18,22)(H,19,23). The number of aliphatic imine (C=N–C) groups is 2. The van der Waals surface area contributed by atoms with Crippen LogP contribution in [0.25, 0.3) is 0 Å². The van der Waals surface area contributed by atoms with Gasteiger partial charge in [-0.1, -0.05) is 43.2 Å². The number of thioether (sulfide) groups is 1. The van der Waals surface area contributed by atoms with Gasteiger partial charge in [0.05, 0.1) is 17.5 Å². The largest absolute Gasteiger partial charge is 0.342 e. The minimum absolute atomic E-state index is 0.0846. The maximum atomic E-state index is 11.3. The highest BCUT2D eigenvalue weighted by Gasteiger charge is 2.26. The average molecular weight is 343 g/mol. The fraction of sp³-hybridized carbons (Fsp3) is 0.529. The molecule has 2 N–H and O–H groups in total. The molecule has 1 fully saturated rings. The van der Waals surface area contributed by atoms with E-state index in [-0.39, 0.29) is 12.1 Å². The molecule has 0 saturated heterocycles. The number of amides is 2. The maximum absolute atomic E-state index is 11.3. The number of carbonyl (C=O) groups is 1. The third kappa shape index (κ3) is 3.45. The second kappa shape index (κ2) is 6.93. The number of nitrogens with one attached hydrogen (secondary N) is 2. The van der Waals surface area contributed by atoms with E-state index in [9.17, 15) is 4.79 Å². The van der Waals surface area contributed by atoms with Crippen molar-refractivity contribution < 1.29 is 4.79 Å². The van der Waals surface area contributed by atoms with Crippen molar-refractivity contribution in [3.05, 3.63) is 23.8 Å². The van der Waals surface area contributed by atoms with Gasteiger partial charge in [0.1, 0.15) is 0 Å². The Bertz CT molecular complexity index is 685. The van der Waals surface area contributed by atoms with Crippen molar-refractivity contribution in [3.63, 3.8) is 0 Å². The summed E-state index contributed by atoms with van der Waals surface area (Å²) in [5.74, 6) is 1.52. The lowest BCUT2D eigenvalue weighted by Crippen LogP contribution is -2.32. The number of allylic oxidation sites excluding steroid dienone is 2.